The van der Waals surface area contributed by atoms with E-state index >= 15 is 0 Å². The van der Waals surface area contributed by atoms with Gasteiger partial charge in [-0.15, -0.1) is 0 Å². The summed E-state index contributed by atoms with van der Waals surface area (Å²) in [5.74, 6) is 1.80. The van der Waals surface area contributed by atoms with Crippen molar-refractivity contribution in [3.63, 3.8) is 0 Å². The van der Waals surface area contributed by atoms with Crippen LogP contribution in [0.3, 0.4) is 0 Å². The molecule has 0 aromatic carbocycles. The minimum Gasteiger partial charge on any atom is -0.481 e. The molecule has 228 valence electrons. The molecule has 0 unspecified atom stereocenters. The van der Waals surface area contributed by atoms with Crippen molar-refractivity contribution < 1.29 is 19.4 Å². The molecule has 10 heteroatoms. The maximum Gasteiger partial charge on any atom is 0.308 e. The topological polar surface area (TPSA) is 130 Å². The number of nitrogens with one attached hydrogen (secondary N) is 2. The van der Waals surface area contributed by atoms with Gasteiger partial charge in [0, 0.05) is 43.4 Å². The Morgan fingerprint density at radius 1 is 1.07 bits per heavy atom. The number of carbonyl (C=O) groups is 2. The van der Waals surface area contributed by atoms with Gasteiger partial charge in [0.15, 0.2) is 0 Å². The summed E-state index contributed by atoms with van der Waals surface area (Å²) >= 11 is 0. The zero-order valence-corrected chi connectivity index (χ0v) is 25.2. The molecule has 1 aliphatic carbocycles. The summed E-state index contributed by atoms with van der Waals surface area (Å²) in [5.41, 5.74) is 3.36. The van der Waals surface area contributed by atoms with Crippen molar-refractivity contribution in [2.75, 3.05) is 48.3 Å². The zero-order valence-electron chi connectivity index (χ0n) is 25.2. The van der Waals surface area contributed by atoms with Crippen LogP contribution in [0.2, 0.25) is 0 Å². The third kappa shape index (κ3) is 7.69. The van der Waals surface area contributed by atoms with E-state index in [0.717, 1.165) is 74.6 Å². The summed E-state index contributed by atoms with van der Waals surface area (Å²) in [5, 5.41) is 16.5. The molecule has 3 aliphatic rings. The first-order valence-electron chi connectivity index (χ1n) is 15.8. The molecule has 3 N–H and O–H groups in total. The van der Waals surface area contributed by atoms with Crippen molar-refractivity contribution in [2.24, 2.45) is 11.8 Å². The van der Waals surface area contributed by atoms with E-state index in [-0.39, 0.29) is 13.0 Å². The number of fused-ring (bicyclic) bond motifs is 1. The fourth-order valence-electron chi connectivity index (χ4n) is 6.59. The molecule has 4 heterocycles. The van der Waals surface area contributed by atoms with Crippen LogP contribution in [0.1, 0.15) is 92.8 Å². The number of rotatable bonds is 11. The lowest BCUT2D eigenvalue weighted by atomic mass is 9.87. The molecule has 2 aliphatic heterocycles. The molecular weight excluding hydrogens is 532 g/mol. The number of carboxylic acid groups (broad SMARTS) is 1. The van der Waals surface area contributed by atoms with Crippen LogP contribution in [0.25, 0.3) is 0 Å². The Bertz CT molecular complexity index is 1240. The van der Waals surface area contributed by atoms with Gasteiger partial charge in [-0.1, -0.05) is 38.2 Å². The largest absolute Gasteiger partial charge is 0.481 e. The maximum atomic E-state index is 12.4. The first-order chi connectivity index (χ1) is 20.4. The molecule has 2 aromatic heterocycles. The second-order valence-electron chi connectivity index (χ2n) is 12.2. The summed E-state index contributed by atoms with van der Waals surface area (Å²) in [6, 6.07) is 4.42. The number of ether oxygens (including phenoxy) is 1. The number of pyridine rings is 1. The average molecular weight is 579 g/mol. The highest BCUT2D eigenvalue weighted by atomic mass is 16.5. The Balaban J connectivity index is 1.15. The van der Waals surface area contributed by atoms with Gasteiger partial charge in [-0.25, -0.2) is 15.0 Å². The number of aromatic nitrogens is 3. The molecule has 42 heavy (non-hydrogen) atoms. The lowest BCUT2D eigenvalue weighted by Crippen LogP contribution is -2.35. The molecule has 10 nitrogen and oxygen atoms in total. The quantitative estimate of drug-likeness (QED) is 0.304. The van der Waals surface area contributed by atoms with E-state index in [9.17, 15) is 14.7 Å². The molecule has 0 spiro atoms. The Morgan fingerprint density at radius 2 is 1.86 bits per heavy atom. The van der Waals surface area contributed by atoms with Gasteiger partial charge in [0.2, 0.25) is 0 Å². The number of hydrogen-bond donors (Lipinski definition) is 3. The second kappa shape index (κ2) is 14.2. The highest BCUT2D eigenvalue weighted by Gasteiger charge is 2.27. The average Bonchev–Trinajstić information content (AvgIpc) is 3.01. The molecule has 0 radical (unpaired) electrons. The molecule has 1 saturated carbocycles. The van der Waals surface area contributed by atoms with Crippen LogP contribution in [-0.2, 0) is 20.7 Å². The fourth-order valence-corrected chi connectivity index (χ4v) is 6.59. The number of aliphatic carboxylic acids is 1. The normalized spacial score (nSPS) is 18.6. The number of anilines is 3. The van der Waals surface area contributed by atoms with Crippen molar-refractivity contribution in [1.82, 2.24) is 15.0 Å². The van der Waals surface area contributed by atoms with E-state index in [1.54, 1.807) is 0 Å². The summed E-state index contributed by atoms with van der Waals surface area (Å²) in [4.78, 5) is 41.0. The van der Waals surface area contributed by atoms with Crippen LogP contribution in [0.5, 0.6) is 0 Å². The molecule has 1 atom stereocenters. The standard InChI is InChI=1S/C32H46N6O4/c1-21-29(34-20-26(32(40)41)19-28(39)42-18-14-23-7-4-3-5-8-23)35-22(2)36-31(21)38-16-12-24(13-17-38)27-11-10-25-9-6-15-33-30(25)37-27/h10-11,23-24,26H,3-9,12-20H2,1-2H3,(H,33,37)(H,40,41)(H,34,35,36)/t26-/m0/s1. The summed E-state index contributed by atoms with van der Waals surface area (Å²) in [6.45, 7) is 6.98. The van der Waals surface area contributed by atoms with Crippen molar-refractivity contribution in [3.8, 4) is 0 Å². The van der Waals surface area contributed by atoms with Gasteiger partial charge in [0.05, 0.1) is 18.9 Å². The highest BCUT2D eigenvalue weighted by Crippen LogP contribution is 2.33. The molecule has 5 rings (SSSR count). The predicted molar refractivity (Wildman–Crippen MR) is 163 cm³/mol. The summed E-state index contributed by atoms with van der Waals surface area (Å²) in [6.07, 6.45) is 11.1. The van der Waals surface area contributed by atoms with Crippen molar-refractivity contribution in [3.05, 3.63) is 34.8 Å². The van der Waals surface area contributed by atoms with Gasteiger partial charge in [-0.3, -0.25) is 9.59 Å². The summed E-state index contributed by atoms with van der Waals surface area (Å²) < 4.78 is 5.42. The number of nitrogens with zero attached hydrogens (tertiary/aromatic N) is 4. The smallest absolute Gasteiger partial charge is 0.308 e. The fraction of sp³-hybridized carbons (Fsp3) is 0.656. The van der Waals surface area contributed by atoms with Crippen LogP contribution < -0.4 is 15.5 Å². The Kier molecular flexibility index (Phi) is 10.1. The van der Waals surface area contributed by atoms with E-state index in [4.69, 9.17) is 14.7 Å². The number of hydrogen-bond acceptors (Lipinski definition) is 9. The van der Waals surface area contributed by atoms with Crippen LogP contribution in [-0.4, -0.2) is 64.8 Å². The minimum atomic E-state index is -1.02. The second-order valence-corrected chi connectivity index (χ2v) is 12.2. The monoisotopic (exact) mass is 578 g/mol. The van der Waals surface area contributed by atoms with E-state index in [0.29, 0.717) is 30.1 Å². The number of piperidine rings is 1. The van der Waals surface area contributed by atoms with Gasteiger partial charge in [0.1, 0.15) is 23.3 Å². The lowest BCUT2D eigenvalue weighted by molar-refractivity contribution is -0.151. The van der Waals surface area contributed by atoms with Gasteiger partial charge in [0.25, 0.3) is 0 Å². The first-order valence-corrected chi connectivity index (χ1v) is 15.8. The molecule has 2 fully saturated rings. The molecule has 0 bridgehead atoms. The molecule has 0 amide bonds. The van der Waals surface area contributed by atoms with Gasteiger partial charge in [-0.05, 0) is 63.5 Å². The lowest BCUT2D eigenvalue weighted by Gasteiger charge is -2.34. The van der Waals surface area contributed by atoms with Gasteiger partial charge < -0.3 is 25.4 Å². The first kappa shape index (κ1) is 30.0. The number of carboxylic acids is 1. The van der Waals surface area contributed by atoms with E-state index in [1.165, 1.54) is 37.7 Å². The third-order valence-corrected chi connectivity index (χ3v) is 9.15. The van der Waals surface area contributed by atoms with E-state index in [1.807, 2.05) is 13.8 Å². The van der Waals surface area contributed by atoms with Crippen LogP contribution in [0, 0.1) is 25.7 Å². The Labute approximate surface area is 249 Å². The molecule has 2 aromatic rings. The molecular formula is C32H46N6O4. The van der Waals surface area contributed by atoms with E-state index in [2.05, 4.69) is 32.7 Å². The maximum absolute atomic E-state index is 12.4. The molecule has 1 saturated heterocycles. The Hall–Kier alpha value is -3.43. The van der Waals surface area contributed by atoms with E-state index < -0.39 is 17.9 Å². The number of carbonyl (C=O) groups excluding carboxylic acids is 1. The van der Waals surface area contributed by atoms with Gasteiger partial charge in [-0.2, -0.15) is 0 Å². The van der Waals surface area contributed by atoms with Crippen LogP contribution in [0.4, 0.5) is 17.5 Å². The van der Waals surface area contributed by atoms with Crippen molar-refractivity contribution >= 4 is 29.4 Å². The SMILES string of the molecule is Cc1nc(NC[C@H](CC(=O)OCCC2CCCCC2)C(=O)O)c(C)c(N2CCC(c3ccc4c(n3)NCCC4)CC2)n1. The number of esters is 1. The van der Waals surface area contributed by atoms with Crippen molar-refractivity contribution in [1.29, 1.82) is 0 Å². The van der Waals surface area contributed by atoms with Crippen LogP contribution >= 0.6 is 0 Å². The zero-order chi connectivity index (χ0) is 29.5. The minimum absolute atomic E-state index is 0.0872. The van der Waals surface area contributed by atoms with Gasteiger partial charge >= 0.3 is 11.9 Å². The Morgan fingerprint density at radius 3 is 2.62 bits per heavy atom. The highest BCUT2D eigenvalue weighted by molar-refractivity contribution is 5.79. The predicted octanol–water partition coefficient (Wildman–Crippen LogP) is 5.25. The third-order valence-electron chi connectivity index (χ3n) is 9.15. The van der Waals surface area contributed by atoms with Crippen LogP contribution in [0.15, 0.2) is 12.1 Å². The van der Waals surface area contributed by atoms with Crippen molar-refractivity contribution in [2.45, 2.75) is 90.4 Å². The summed E-state index contributed by atoms with van der Waals surface area (Å²) in [7, 11) is 0. The number of aryl methyl sites for hydroxylation is 2.